The summed E-state index contributed by atoms with van der Waals surface area (Å²) in [7, 11) is 0. The molecule has 0 heterocycles. The van der Waals surface area contributed by atoms with E-state index < -0.39 is 0 Å². The van der Waals surface area contributed by atoms with E-state index in [1.54, 1.807) is 0 Å². The van der Waals surface area contributed by atoms with Crippen molar-refractivity contribution < 1.29 is 4.79 Å². The van der Waals surface area contributed by atoms with Gasteiger partial charge >= 0.3 is 0 Å². The Morgan fingerprint density at radius 1 is 1.64 bits per heavy atom. The molecule has 0 saturated heterocycles. The topological polar surface area (TPSA) is 17.1 Å². The lowest BCUT2D eigenvalue weighted by atomic mass is 9.99. The number of hydrogen-bond donors (Lipinski definition) is 0. The summed E-state index contributed by atoms with van der Waals surface area (Å²) in [6.07, 6.45) is 6.11. The Morgan fingerprint density at radius 2 is 2.36 bits per heavy atom. The summed E-state index contributed by atoms with van der Waals surface area (Å²) < 4.78 is 0. The van der Waals surface area contributed by atoms with Gasteiger partial charge in [-0.1, -0.05) is 13.0 Å². The van der Waals surface area contributed by atoms with E-state index in [9.17, 15) is 4.79 Å². The van der Waals surface area contributed by atoms with Crippen LogP contribution in [0.5, 0.6) is 0 Å². The van der Waals surface area contributed by atoms with Gasteiger partial charge in [0.1, 0.15) is 5.78 Å². The predicted molar refractivity (Wildman–Crippen MR) is 46.3 cm³/mol. The Morgan fingerprint density at radius 3 is 2.82 bits per heavy atom. The van der Waals surface area contributed by atoms with Crippen LogP contribution in [0.15, 0.2) is 12.7 Å². The molecular weight excluding hydrogens is 136 g/mol. The summed E-state index contributed by atoms with van der Waals surface area (Å²) in [5, 5.41) is 0. The van der Waals surface area contributed by atoms with E-state index in [1.165, 1.54) is 0 Å². The second-order valence-electron chi connectivity index (χ2n) is 3.44. The molecule has 11 heavy (non-hydrogen) atoms. The number of carbonyl (C=O) groups excluding carboxylic acids is 1. The van der Waals surface area contributed by atoms with Crippen molar-refractivity contribution in [3.05, 3.63) is 12.7 Å². The first kappa shape index (κ1) is 8.51. The Hall–Kier alpha value is -0.590. The van der Waals surface area contributed by atoms with Crippen LogP contribution in [0.2, 0.25) is 0 Å². The molecule has 0 aromatic carbocycles. The van der Waals surface area contributed by atoms with Crippen molar-refractivity contribution in [1.82, 2.24) is 0 Å². The zero-order valence-electron chi connectivity index (χ0n) is 7.18. The van der Waals surface area contributed by atoms with Gasteiger partial charge in [0.05, 0.1) is 0 Å². The number of ketones is 1. The van der Waals surface area contributed by atoms with Crippen LogP contribution in [0, 0.1) is 11.8 Å². The molecule has 0 aliphatic heterocycles. The first-order valence-electron chi connectivity index (χ1n) is 4.40. The first-order chi connectivity index (χ1) is 5.25. The molecule has 1 saturated carbocycles. The number of allylic oxidation sites excluding steroid dienone is 1. The average molecular weight is 152 g/mol. The molecule has 0 bridgehead atoms. The molecule has 1 heteroatoms. The largest absolute Gasteiger partial charge is 0.299 e. The fraction of sp³-hybridized carbons (Fsp3) is 0.700. The Bertz CT molecular complexity index is 160. The molecule has 0 unspecified atom stereocenters. The van der Waals surface area contributed by atoms with Gasteiger partial charge in [0.15, 0.2) is 0 Å². The monoisotopic (exact) mass is 152 g/mol. The van der Waals surface area contributed by atoms with E-state index in [2.05, 4.69) is 6.58 Å². The lowest BCUT2D eigenvalue weighted by molar-refractivity contribution is -0.123. The SMILES string of the molecule is C=CCC[C@@H]1CC[C@H](C)C1=O. The molecule has 1 fully saturated rings. The summed E-state index contributed by atoms with van der Waals surface area (Å²) in [6.45, 7) is 5.69. The number of rotatable bonds is 3. The zero-order valence-corrected chi connectivity index (χ0v) is 7.18. The molecular formula is C10H16O. The molecule has 2 atom stereocenters. The van der Waals surface area contributed by atoms with Gasteiger partial charge in [-0.3, -0.25) is 4.79 Å². The van der Waals surface area contributed by atoms with Crippen LogP contribution in [-0.4, -0.2) is 5.78 Å². The zero-order chi connectivity index (χ0) is 8.27. The minimum Gasteiger partial charge on any atom is -0.299 e. The van der Waals surface area contributed by atoms with Gasteiger partial charge in [-0.25, -0.2) is 0 Å². The highest BCUT2D eigenvalue weighted by atomic mass is 16.1. The summed E-state index contributed by atoms with van der Waals surface area (Å²) in [5.41, 5.74) is 0. The third-order valence-electron chi connectivity index (χ3n) is 2.56. The van der Waals surface area contributed by atoms with Gasteiger partial charge in [0, 0.05) is 11.8 Å². The molecule has 0 spiro atoms. The van der Waals surface area contributed by atoms with Crippen LogP contribution in [-0.2, 0) is 4.79 Å². The van der Waals surface area contributed by atoms with E-state index in [-0.39, 0.29) is 0 Å². The summed E-state index contributed by atoms with van der Waals surface area (Å²) in [6, 6.07) is 0. The van der Waals surface area contributed by atoms with Crippen molar-refractivity contribution in [2.24, 2.45) is 11.8 Å². The molecule has 1 rings (SSSR count). The second kappa shape index (κ2) is 3.70. The number of Topliss-reactive ketones (excluding diaryl/α,β-unsaturated/α-hetero) is 1. The van der Waals surface area contributed by atoms with Gasteiger partial charge in [-0.05, 0) is 25.7 Å². The van der Waals surface area contributed by atoms with Crippen LogP contribution in [0.4, 0.5) is 0 Å². The maximum absolute atomic E-state index is 11.4. The normalized spacial score (nSPS) is 30.8. The minimum atomic E-state index is 0.324. The summed E-state index contributed by atoms with van der Waals surface area (Å²) in [5.74, 6) is 1.15. The molecule has 0 amide bonds. The van der Waals surface area contributed by atoms with Crippen LogP contribution < -0.4 is 0 Å². The van der Waals surface area contributed by atoms with Crippen molar-refractivity contribution in [2.45, 2.75) is 32.6 Å². The summed E-state index contributed by atoms with van der Waals surface area (Å²) in [4.78, 5) is 11.4. The molecule has 0 radical (unpaired) electrons. The van der Waals surface area contributed by atoms with Crippen LogP contribution in [0.3, 0.4) is 0 Å². The molecule has 1 nitrogen and oxygen atoms in total. The fourth-order valence-electron chi connectivity index (χ4n) is 1.74. The Labute approximate surface area is 68.5 Å². The van der Waals surface area contributed by atoms with Gasteiger partial charge < -0.3 is 0 Å². The quantitative estimate of drug-likeness (QED) is 0.568. The lowest BCUT2D eigenvalue weighted by Gasteiger charge is -2.04. The molecule has 0 aromatic rings. The van der Waals surface area contributed by atoms with Crippen molar-refractivity contribution >= 4 is 5.78 Å². The smallest absolute Gasteiger partial charge is 0.138 e. The summed E-state index contributed by atoms with van der Waals surface area (Å²) >= 11 is 0. The van der Waals surface area contributed by atoms with Gasteiger partial charge in [0.25, 0.3) is 0 Å². The maximum atomic E-state index is 11.4. The maximum Gasteiger partial charge on any atom is 0.138 e. The van der Waals surface area contributed by atoms with Crippen molar-refractivity contribution in [3.63, 3.8) is 0 Å². The highest BCUT2D eigenvalue weighted by molar-refractivity contribution is 5.84. The van der Waals surface area contributed by atoms with Crippen molar-refractivity contribution in [3.8, 4) is 0 Å². The molecule has 0 aromatic heterocycles. The molecule has 62 valence electrons. The highest BCUT2D eigenvalue weighted by Gasteiger charge is 2.29. The van der Waals surface area contributed by atoms with Gasteiger partial charge in [-0.15, -0.1) is 6.58 Å². The van der Waals surface area contributed by atoms with E-state index in [0.717, 1.165) is 25.7 Å². The van der Waals surface area contributed by atoms with Gasteiger partial charge in [-0.2, -0.15) is 0 Å². The highest BCUT2D eigenvalue weighted by Crippen LogP contribution is 2.29. The van der Waals surface area contributed by atoms with E-state index in [0.29, 0.717) is 17.6 Å². The van der Waals surface area contributed by atoms with Crippen LogP contribution in [0.1, 0.15) is 32.6 Å². The molecule has 1 aliphatic rings. The predicted octanol–water partition coefficient (Wildman–Crippen LogP) is 2.57. The Kier molecular flexibility index (Phi) is 2.86. The van der Waals surface area contributed by atoms with Crippen molar-refractivity contribution in [1.29, 1.82) is 0 Å². The third-order valence-corrected chi connectivity index (χ3v) is 2.56. The standard InChI is InChI=1S/C10H16O/c1-3-4-5-9-7-6-8(2)10(9)11/h3,8-9H,1,4-7H2,2H3/t8-,9+/m0/s1. The fourth-order valence-corrected chi connectivity index (χ4v) is 1.74. The van der Waals surface area contributed by atoms with E-state index >= 15 is 0 Å². The second-order valence-corrected chi connectivity index (χ2v) is 3.44. The van der Waals surface area contributed by atoms with Gasteiger partial charge in [0.2, 0.25) is 0 Å². The first-order valence-corrected chi connectivity index (χ1v) is 4.40. The average Bonchev–Trinajstić information content (AvgIpc) is 2.31. The van der Waals surface area contributed by atoms with Crippen molar-refractivity contribution in [2.75, 3.05) is 0 Å². The van der Waals surface area contributed by atoms with Crippen LogP contribution in [0.25, 0.3) is 0 Å². The Balaban J connectivity index is 2.36. The minimum absolute atomic E-state index is 0.324. The van der Waals surface area contributed by atoms with E-state index in [4.69, 9.17) is 0 Å². The third kappa shape index (κ3) is 1.92. The number of hydrogen-bond acceptors (Lipinski definition) is 1. The number of carbonyl (C=O) groups is 1. The van der Waals surface area contributed by atoms with Crippen LogP contribution >= 0.6 is 0 Å². The molecule has 1 aliphatic carbocycles. The lowest BCUT2D eigenvalue weighted by Crippen LogP contribution is -2.11. The van der Waals surface area contributed by atoms with E-state index in [1.807, 2.05) is 13.0 Å². The molecule has 0 N–H and O–H groups in total.